The van der Waals surface area contributed by atoms with Gasteiger partial charge in [-0.2, -0.15) is 9.78 Å². The number of hydrogen-bond donors (Lipinski definition) is 0. The Balaban J connectivity index is 1.79. The molecule has 4 rings (SSSR count). The van der Waals surface area contributed by atoms with Gasteiger partial charge < -0.3 is 9.47 Å². The van der Waals surface area contributed by atoms with Gasteiger partial charge in [0.25, 0.3) is 0 Å². The highest BCUT2D eigenvalue weighted by atomic mass is 79.9. The molecule has 4 aromatic rings. The van der Waals surface area contributed by atoms with Crippen molar-refractivity contribution in [2.45, 2.75) is 0 Å². The van der Waals surface area contributed by atoms with Crippen LogP contribution in [0.4, 0.5) is 0 Å². The summed E-state index contributed by atoms with van der Waals surface area (Å²) in [5.41, 5.74) is 0.0927. The molecule has 3 aromatic carbocycles. The first kappa shape index (κ1) is 20.7. The third-order valence-corrected chi connectivity index (χ3v) is 5.36. The van der Waals surface area contributed by atoms with Crippen molar-refractivity contribution in [3.63, 3.8) is 0 Å². The maximum Gasteiger partial charge on any atom is 0.318 e. The minimum atomic E-state index is -0.463. The highest BCUT2D eigenvalue weighted by Crippen LogP contribution is 2.32. The van der Waals surface area contributed by atoms with Gasteiger partial charge in [0.1, 0.15) is 11.5 Å². The van der Waals surface area contributed by atoms with E-state index in [1.54, 1.807) is 48.5 Å². The summed E-state index contributed by atoms with van der Waals surface area (Å²) in [6, 6.07) is 21.2. The average Bonchev–Trinajstić information content (AvgIpc) is 2.75. The van der Waals surface area contributed by atoms with Gasteiger partial charge in [0, 0.05) is 14.0 Å². The van der Waals surface area contributed by atoms with E-state index in [9.17, 15) is 4.79 Å². The Bertz CT molecular complexity index is 1230. The molecule has 0 fully saturated rings. The van der Waals surface area contributed by atoms with Crippen molar-refractivity contribution in [2.24, 2.45) is 0 Å². The van der Waals surface area contributed by atoms with Crippen molar-refractivity contribution in [3.8, 4) is 28.7 Å². The molecule has 30 heavy (non-hydrogen) atoms. The summed E-state index contributed by atoms with van der Waals surface area (Å²) in [6.07, 6.45) is 1.45. The molecule has 5 nitrogen and oxygen atoms in total. The lowest BCUT2D eigenvalue weighted by atomic mass is 10.3. The summed E-state index contributed by atoms with van der Waals surface area (Å²) >= 11 is 12.7. The highest BCUT2D eigenvalue weighted by Gasteiger charge is 2.17. The summed E-state index contributed by atoms with van der Waals surface area (Å²) in [5.74, 6) is 1.26. The van der Waals surface area contributed by atoms with Gasteiger partial charge in [-0.15, -0.1) is 0 Å². The van der Waals surface area contributed by atoms with E-state index in [4.69, 9.17) is 21.1 Å². The van der Waals surface area contributed by atoms with Crippen LogP contribution < -0.4 is 15.0 Å². The van der Waals surface area contributed by atoms with Crippen molar-refractivity contribution >= 4 is 43.5 Å². The number of benzene rings is 3. The molecule has 0 radical (unpaired) electrons. The Kier molecular flexibility index (Phi) is 6.22. The monoisotopic (exact) mass is 546 g/mol. The lowest BCUT2D eigenvalue weighted by Crippen LogP contribution is -2.22. The van der Waals surface area contributed by atoms with Crippen LogP contribution in [0.3, 0.4) is 0 Å². The lowest BCUT2D eigenvalue weighted by Gasteiger charge is -2.14. The molecule has 1 heterocycles. The van der Waals surface area contributed by atoms with E-state index in [1.807, 2.05) is 24.3 Å². The molecule has 0 aliphatic heterocycles. The van der Waals surface area contributed by atoms with Crippen LogP contribution in [0.5, 0.6) is 23.0 Å². The molecule has 8 heteroatoms. The second-order valence-corrected chi connectivity index (χ2v) is 8.41. The fourth-order valence-electron chi connectivity index (χ4n) is 2.61. The van der Waals surface area contributed by atoms with Gasteiger partial charge in [-0.3, -0.25) is 4.79 Å². The molecule has 0 bridgehead atoms. The molecular weight excluding hydrogens is 536 g/mol. The molecule has 0 aliphatic carbocycles. The number of nitrogens with zero attached hydrogens (tertiary/aromatic N) is 2. The number of aromatic nitrogens is 2. The maximum atomic E-state index is 13.2. The van der Waals surface area contributed by atoms with Crippen LogP contribution in [0.25, 0.3) is 5.69 Å². The molecular formula is C22H13Br2ClN2O3. The van der Waals surface area contributed by atoms with Crippen LogP contribution in [-0.4, -0.2) is 9.78 Å². The van der Waals surface area contributed by atoms with Crippen molar-refractivity contribution in [3.05, 3.63) is 103 Å². The highest BCUT2D eigenvalue weighted by molar-refractivity contribution is 9.10. The fraction of sp³-hybridized carbons (Fsp3) is 0. The predicted octanol–water partition coefficient (Wildman–Crippen LogP) is 7.00. The quantitative estimate of drug-likeness (QED) is 0.270. The molecule has 0 aliphatic rings. The first-order valence-corrected chi connectivity index (χ1v) is 10.7. The van der Waals surface area contributed by atoms with Crippen LogP contribution in [0.15, 0.2) is 92.7 Å². The molecule has 0 unspecified atom stereocenters. The summed E-state index contributed by atoms with van der Waals surface area (Å²) in [5, 5.41) is 4.81. The zero-order valence-corrected chi connectivity index (χ0v) is 19.2. The maximum absolute atomic E-state index is 13.2. The van der Waals surface area contributed by atoms with Crippen LogP contribution in [0, 0.1) is 0 Å². The van der Waals surface area contributed by atoms with Crippen LogP contribution in [0.2, 0.25) is 5.02 Å². The number of rotatable bonds is 5. The SMILES string of the molecule is O=c1c(Oc2ccc(Br)cc2)c(Oc2ccc(Br)cc2)cnn1-c1ccc(Cl)cc1. The molecule has 0 N–H and O–H groups in total. The van der Waals surface area contributed by atoms with E-state index in [2.05, 4.69) is 37.0 Å². The van der Waals surface area contributed by atoms with Gasteiger partial charge in [-0.1, -0.05) is 43.5 Å². The zero-order valence-electron chi connectivity index (χ0n) is 15.3. The van der Waals surface area contributed by atoms with Crippen molar-refractivity contribution in [2.75, 3.05) is 0 Å². The van der Waals surface area contributed by atoms with E-state index in [0.29, 0.717) is 22.2 Å². The molecule has 0 atom stereocenters. The third kappa shape index (κ3) is 4.75. The Morgan fingerprint density at radius 1 is 0.767 bits per heavy atom. The van der Waals surface area contributed by atoms with E-state index < -0.39 is 5.56 Å². The Hall–Kier alpha value is -2.61. The van der Waals surface area contributed by atoms with Crippen molar-refractivity contribution in [1.29, 1.82) is 0 Å². The van der Waals surface area contributed by atoms with Gasteiger partial charge in [0.2, 0.25) is 5.75 Å². The Morgan fingerprint density at radius 3 is 1.87 bits per heavy atom. The fourth-order valence-corrected chi connectivity index (χ4v) is 3.26. The van der Waals surface area contributed by atoms with Gasteiger partial charge in [0.15, 0.2) is 5.75 Å². The Morgan fingerprint density at radius 2 is 1.30 bits per heavy atom. The number of ether oxygens (including phenoxy) is 2. The normalized spacial score (nSPS) is 10.6. The second-order valence-electron chi connectivity index (χ2n) is 6.14. The second kappa shape index (κ2) is 9.04. The minimum absolute atomic E-state index is 0.0187. The van der Waals surface area contributed by atoms with Crippen molar-refractivity contribution in [1.82, 2.24) is 9.78 Å². The van der Waals surface area contributed by atoms with Crippen LogP contribution in [-0.2, 0) is 0 Å². The van der Waals surface area contributed by atoms with Gasteiger partial charge in [-0.25, -0.2) is 0 Å². The van der Waals surface area contributed by atoms with Crippen LogP contribution >= 0.6 is 43.5 Å². The number of hydrogen-bond acceptors (Lipinski definition) is 4. The molecule has 0 spiro atoms. The van der Waals surface area contributed by atoms with Gasteiger partial charge in [0.05, 0.1) is 11.9 Å². The lowest BCUT2D eigenvalue weighted by molar-refractivity contribution is 0.405. The van der Waals surface area contributed by atoms with E-state index in [-0.39, 0.29) is 11.5 Å². The van der Waals surface area contributed by atoms with E-state index >= 15 is 0 Å². The summed E-state index contributed by atoms with van der Waals surface area (Å²) in [4.78, 5) is 13.2. The Labute approximate surface area is 194 Å². The average molecular weight is 549 g/mol. The summed E-state index contributed by atoms with van der Waals surface area (Å²) in [7, 11) is 0. The van der Waals surface area contributed by atoms with Crippen molar-refractivity contribution < 1.29 is 9.47 Å². The molecule has 0 saturated heterocycles. The summed E-state index contributed by atoms with van der Waals surface area (Å²) in [6.45, 7) is 0. The molecule has 0 amide bonds. The van der Waals surface area contributed by atoms with E-state index in [1.165, 1.54) is 10.9 Å². The topological polar surface area (TPSA) is 53.4 Å². The smallest absolute Gasteiger partial charge is 0.318 e. The minimum Gasteiger partial charge on any atom is -0.452 e. The van der Waals surface area contributed by atoms with Crippen LogP contribution in [0.1, 0.15) is 0 Å². The van der Waals surface area contributed by atoms with Gasteiger partial charge in [-0.05, 0) is 72.8 Å². The van der Waals surface area contributed by atoms with E-state index in [0.717, 1.165) is 8.95 Å². The van der Waals surface area contributed by atoms with Gasteiger partial charge >= 0.3 is 5.56 Å². The zero-order chi connectivity index (χ0) is 21.1. The summed E-state index contributed by atoms with van der Waals surface area (Å²) < 4.78 is 14.9. The number of halogens is 3. The standard InChI is InChI=1S/C22H13Br2ClN2O3/c23-14-1-9-18(10-2-14)29-20-13-26-27(17-7-5-16(25)6-8-17)22(28)21(20)30-19-11-3-15(24)4-12-19/h1-13H. The molecule has 150 valence electrons. The molecule has 1 aromatic heterocycles. The third-order valence-electron chi connectivity index (χ3n) is 4.05. The predicted molar refractivity (Wildman–Crippen MR) is 123 cm³/mol. The largest absolute Gasteiger partial charge is 0.452 e. The first-order valence-electron chi connectivity index (χ1n) is 8.75. The first-order chi connectivity index (χ1) is 14.5. The molecule has 0 saturated carbocycles.